The van der Waals surface area contributed by atoms with Crippen LogP contribution in [0.15, 0.2) is 18.2 Å². The van der Waals surface area contributed by atoms with Crippen LogP contribution in [0.3, 0.4) is 0 Å². The normalized spacial score (nSPS) is 12.5. The Hall–Kier alpha value is -1.55. The van der Waals surface area contributed by atoms with E-state index in [0.29, 0.717) is 18.9 Å². The Morgan fingerprint density at radius 2 is 2.05 bits per heavy atom. The van der Waals surface area contributed by atoms with E-state index in [1.165, 1.54) is 0 Å². The second kappa shape index (κ2) is 7.14. The van der Waals surface area contributed by atoms with Crippen LogP contribution >= 0.6 is 0 Å². The van der Waals surface area contributed by atoms with E-state index >= 15 is 0 Å². The summed E-state index contributed by atoms with van der Waals surface area (Å²) in [5.41, 5.74) is 7.98. The Morgan fingerprint density at radius 3 is 2.63 bits per heavy atom. The zero-order chi connectivity index (χ0) is 14.4. The first-order chi connectivity index (χ1) is 8.93. The highest BCUT2D eigenvalue weighted by Crippen LogP contribution is 2.18. The maximum Gasteiger partial charge on any atom is 0.237 e. The van der Waals surface area contributed by atoms with E-state index in [1.807, 2.05) is 26.8 Å². The second-order valence-electron chi connectivity index (χ2n) is 5.26. The zero-order valence-corrected chi connectivity index (χ0v) is 11.9. The summed E-state index contributed by atoms with van der Waals surface area (Å²) in [6, 6.07) is 4.65. The fourth-order valence-electron chi connectivity index (χ4n) is 1.91. The fraction of sp³-hybridized carbons (Fsp3) is 0.533. The number of aryl methyl sites for hydroxylation is 1. The van der Waals surface area contributed by atoms with E-state index in [1.54, 1.807) is 12.1 Å². The average molecular weight is 264 g/mol. The molecular weight excluding hydrogens is 240 g/mol. The van der Waals surface area contributed by atoms with Crippen molar-refractivity contribution in [2.45, 2.75) is 39.7 Å². The van der Waals surface area contributed by atoms with Crippen molar-refractivity contribution >= 4 is 5.91 Å². The largest absolute Gasteiger partial charge is 0.508 e. The molecule has 0 aliphatic rings. The Labute approximate surface area is 115 Å². The molecule has 4 N–H and O–H groups in total. The summed E-state index contributed by atoms with van der Waals surface area (Å²) in [6.07, 6.45) is 1.30. The van der Waals surface area contributed by atoms with Gasteiger partial charge in [0.15, 0.2) is 0 Å². The van der Waals surface area contributed by atoms with Crippen LogP contribution in [-0.2, 0) is 17.6 Å². The maximum atomic E-state index is 11.8. The predicted molar refractivity (Wildman–Crippen MR) is 77.0 cm³/mol. The molecule has 0 aromatic heterocycles. The number of phenolic OH excluding ortho intramolecular Hbond substituents is 1. The number of amides is 1. The van der Waals surface area contributed by atoms with Crippen molar-refractivity contribution in [3.63, 3.8) is 0 Å². The predicted octanol–water partition coefficient (Wildman–Crippen LogP) is 1.60. The molecule has 1 rings (SSSR count). The quantitative estimate of drug-likeness (QED) is 0.730. The minimum atomic E-state index is -0.548. The lowest BCUT2D eigenvalue weighted by molar-refractivity contribution is -0.122. The third-order valence-corrected chi connectivity index (χ3v) is 3.03. The van der Waals surface area contributed by atoms with Crippen molar-refractivity contribution in [1.82, 2.24) is 5.32 Å². The van der Waals surface area contributed by atoms with E-state index < -0.39 is 6.04 Å². The highest BCUT2D eigenvalue weighted by molar-refractivity contribution is 5.81. The molecule has 0 aliphatic carbocycles. The van der Waals surface area contributed by atoms with Crippen LogP contribution in [0.2, 0.25) is 0 Å². The van der Waals surface area contributed by atoms with Crippen molar-refractivity contribution in [3.8, 4) is 5.75 Å². The Kier molecular flexibility index (Phi) is 5.83. The summed E-state index contributed by atoms with van der Waals surface area (Å²) in [6.45, 7) is 6.74. The summed E-state index contributed by atoms with van der Waals surface area (Å²) in [5, 5.41) is 12.3. The number of carbonyl (C=O) groups is 1. The maximum absolute atomic E-state index is 11.8. The molecule has 0 bridgehead atoms. The van der Waals surface area contributed by atoms with Gasteiger partial charge in [-0.3, -0.25) is 4.79 Å². The topological polar surface area (TPSA) is 75.3 Å². The Morgan fingerprint density at radius 1 is 1.37 bits per heavy atom. The van der Waals surface area contributed by atoms with E-state index in [0.717, 1.165) is 17.5 Å². The van der Waals surface area contributed by atoms with Crippen molar-refractivity contribution in [2.24, 2.45) is 11.7 Å². The average Bonchev–Trinajstić information content (AvgIpc) is 2.37. The van der Waals surface area contributed by atoms with Gasteiger partial charge in [-0.1, -0.05) is 26.8 Å². The summed E-state index contributed by atoms with van der Waals surface area (Å²) >= 11 is 0. The minimum Gasteiger partial charge on any atom is -0.508 e. The summed E-state index contributed by atoms with van der Waals surface area (Å²) in [5.74, 6) is 0.540. The molecule has 0 saturated carbocycles. The third kappa shape index (κ3) is 4.91. The van der Waals surface area contributed by atoms with E-state index in [-0.39, 0.29) is 11.7 Å². The fourth-order valence-corrected chi connectivity index (χ4v) is 1.91. The molecule has 19 heavy (non-hydrogen) atoms. The van der Waals surface area contributed by atoms with Crippen LogP contribution in [0.5, 0.6) is 5.75 Å². The molecule has 0 unspecified atom stereocenters. The smallest absolute Gasteiger partial charge is 0.237 e. The molecular formula is C15H24N2O2. The molecule has 1 aromatic rings. The van der Waals surface area contributed by atoms with Crippen LogP contribution in [-0.4, -0.2) is 23.6 Å². The molecule has 0 radical (unpaired) electrons. The van der Waals surface area contributed by atoms with E-state index in [4.69, 9.17) is 5.73 Å². The van der Waals surface area contributed by atoms with E-state index in [9.17, 15) is 9.90 Å². The molecule has 1 amide bonds. The number of benzene rings is 1. The minimum absolute atomic E-state index is 0.121. The number of rotatable bonds is 6. The van der Waals surface area contributed by atoms with Crippen LogP contribution in [0.25, 0.3) is 0 Å². The number of phenols is 1. The van der Waals surface area contributed by atoms with Gasteiger partial charge in [0.25, 0.3) is 0 Å². The van der Waals surface area contributed by atoms with Gasteiger partial charge < -0.3 is 16.2 Å². The first kappa shape index (κ1) is 15.5. The van der Waals surface area contributed by atoms with Gasteiger partial charge in [-0.2, -0.15) is 0 Å². The molecule has 4 heteroatoms. The summed E-state index contributed by atoms with van der Waals surface area (Å²) in [7, 11) is 0. The first-order valence-electron chi connectivity index (χ1n) is 6.78. The highest BCUT2D eigenvalue weighted by Gasteiger charge is 2.15. The number of carbonyl (C=O) groups excluding carboxylic acids is 1. The van der Waals surface area contributed by atoms with Crippen LogP contribution in [0.1, 0.15) is 31.9 Å². The second-order valence-corrected chi connectivity index (χ2v) is 5.26. The van der Waals surface area contributed by atoms with Crippen LogP contribution in [0.4, 0.5) is 0 Å². The summed E-state index contributed by atoms with van der Waals surface area (Å²) < 4.78 is 0. The van der Waals surface area contributed by atoms with Crippen LogP contribution in [0, 0.1) is 5.92 Å². The van der Waals surface area contributed by atoms with Gasteiger partial charge in [-0.15, -0.1) is 0 Å². The molecule has 0 saturated heterocycles. The van der Waals surface area contributed by atoms with Crippen molar-refractivity contribution < 1.29 is 9.90 Å². The molecule has 1 atom stereocenters. The summed E-state index contributed by atoms with van der Waals surface area (Å²) in [4.78, 5) is 11.8. The van der Waals surface area contributed by atoms with Gasteiger partial charge >= 0.3 is 0 Å². The third-order valence-electron chi connectivity index (χ3n) is 3.03. The van der Waals surface area contributed by atoms with Gasteiger partial charge in [0, 0.05) is 6.54 Å². The van der Waals surface area contributed by atoms with Gasteiger partial charge in [0.05, 0.1) is 6.04 Å². The molecule has 1 aromatic carbocycles. The lowest BCUT2D eigenvalue weighted by atomic mass is 9.98. The van der Waals surface area contributed by atoms with Crippen molar-refractivity contribution in [2.75, 3.05) is 6.54 Å². The number of hydrogen-bond donors (Lipinski definition) is 3. The van der Waals surface area contributed by atoms with Gasteiger partial charge in [0.1, 0.15) is 5.75 Å². The molecule has 4 nitrogen and oxygen atoms in total. The number of aromatic hydroxyl groups is 1. The lowest BCUT2D eigenvalue weighted by Gasteiger charge is -2.15. The molecule has 0 spiro atoms. The van der Waals surface area contributed by atoms with Gasteiger partial charge in [-0.05, 0) is 42.0 Å². The number of hydrogen-bond acceptors (Lipinski definition) is 3. The van der Waals surface area contributed by atoms with Crippen molar-refractivity contribution in [1.29, 1.82) is 0 Å². The highest BCUT2D eigenvalue weighted by atomic mass is 16.3. The monoisotopic (exact) mass is 264 g/mol. The standard InChI is InChI=1S/C15H24N2O2/c1-4-11-7-13(18)6-5-12(11)8-14(16)15(19)17-9-10(2)3/h5-7,10,14,18H,4,8-9,16H2,1-3H3,(H,17,19)/t14-/m0/s1. The SMILES string of the molecule is CCc1cc(O)ccc1C[C@H](N)C(=O)NCC(C)C. The molecule has 0 aliphatic heterocycles. The van der Waals surface area contributed by atoms with Crippen LogP contribution < -0.4 is 11.1 Å². The van der Waals surface area contributed by atoms with Gasteiger partial charge in [-0.25, -0.2) is 0 Å². The number of nitrogens with one attached hydrogen (secondary N) is 1. The lowest BCUT2D eigenvalue weighted by Crippen LogP contribution is -2.43. The Bertz CT molecular complexity index is 430. The molecule has 0 fully saturated rings. The van der Waals surface area contributed by atoms with E-state index in [2.05, 4.69) is 5.32 Å². The number of nitrogens with two attached hydrogens (primary N) is 1. The molecule has 106 valence electrons. The van der Waals surface area contributed by atoms with Gasteiger partial charge in [0.2, 0.25) is 5.91 Å². The van der Waals surface area contributed by atoms with Crippen molar-refractivity contribution in [3.05, 3.63) is 29.3 Å². The molecule has 0 heterocycles. The zero-order valence-electron chi connectivity index (χ0n) is 11.9. The Balaban J connectivity index is 2.65. The first-order valence-corrected chi connectivity index (χ1v) is 6.78.